The lowest BCUT2D eigenvalue weighted by molar-refractivity contribution is 0.0642. The fraction of sp³-hybridized carbons (Fsp3) is 0.250. The molecular weight excluding hydrogens is 424 g/mol. The van der Waals surface area contributed by atoms with Gasteiger partial charge < -0.3 is 4.90 Å². The molecule has 2 amide bonds. The van der Waals surface area contributed by atoms with E-state index in [2.05, 4.69) is 26.8 Å². The highest BCUT2D eigenvalue weighted by molar-refractivity contribution is 6.21. The second-order valence-corrected chi connectivity index (χ2v) is 8.74. The van der Waals surface area contributed by atoms with Crippen molar-refractivity contribution in [2.45, 2.75) is 13.0 Å². The van der Waals surface area contributed by atoms with Gasteiger partial charge in [0, 0.05) is 38.4 Å². The normalized spacial score (nSPS) is 16.0. The predicted octanol–water partition coefficient (Wildman–Crippen LogP) is 4.40. The number of hydrogen-bond acceptors (Lipinski definition) is 4. The van der Waals surface area contributed by atoms with Crippen LogP contribution in [0.15, 0.2) is 72.8 Å². The van der Waals surface area contributed by atoms with Crippen LogP contribution in [0, 0.1) is 6.57 Å². The molecule has 0 saturated carbocycles. The van der Waals surface area contributed by atoms with Gasteiger partial charge in [-0.15, -0.1) is 0 Å². The fourth-order valence-electron chi connectivity index (χ4n) is 4.70. The maximum atomic E-state index is 12.6. The Labute approximate surface area is 199 Å². The molecule has 0 radical (unpaired) electrons. The summed E-state index contributed by atoms with van der Waals surface area (Å²) in [7, 11) is 0. The molecule has 2 heterocycles. The highest BCUT2D eigenvalue weighted by Crippen LogP contribution is 2.29. The summed E-state index contributed by atoms with van der Waals surface area (Å²) in [5, 5.41) is 0. The molecule has 0 N–H and O–H groups in total. The largest absolute Gasteiger partial charge is 0.378 e. The molecule has 0 atom stereocenters. The molecule has 1 fully saturated rings. The van der Waals surface area contributed by atoms with Crippen LogP contribution in [0.2, 0.25) is 0 Å². The van der Waals surface area contributed by atoms with E-state index in [-0.39, 0.29) is 11.8 Å². The Kier molecular flexibility index (Phi) is 6.11. The molecule has 0 aliphatic carbocycles. The number of para-hydroxylation sites is 2. The molecule has 2 aliphatic rings. The SMILES string of the molecule is [C-]#[N+]c1ccccc1N1CCN(CCc2ccc(CN3C(=O)c4ccccc4C3=O)cc2)CC1. The highest BCUT2D eigenvalue weighted by Gasteiger charge is 2.34. The van der Waals surface area contributed by atoms with Gasteiger partial charge in [-0.1, -0.05) is 54.6 Å². The number of imide groups is 1. The predicted molar refractivity (Wildman–Crippen MR) is 132 cm³/mol. The molecule has 0 spiro atoms. The Bertz CT molecular complexity index is 1220. The molecule has 3 aromatic carbocycles. The van der Waals surface area contributed by atoms with Crippen LogP contribution in [0.1, 0.15) is 31.8 Å². The number of nitrogens with zero attached hydrogens (tertiary/aromatic N) is 4. The van der Waals surface area contributed by atoms with Crippen molar-refractivity contribution in [1.82, 2.24) is 9.80 Å². The van der Waals surface area contributed by atoms with E-state index >= 15 is 0 Å². The lowest BCUT2D eigenvalue weighted by Crippen LogP contribution is -2.47. The molecule has 6 heteroatoms. The highest BCUT2D eigenvalue weighted by atomic mass is 16.2. The minimum absolute atomic E-state index is 0.220. The summed E-state index contributed by atoms with van der Waals surface area (Å²) in [6.07, 6.45) is 0.950. The summed E-state index contributed by atoms with van der Waals surface area (Å²) < 4.78 is 0. The number of carbonyl (C=O) groups is 2. The van der Waals surface area contributed by atoms with Crippen molar-refractivity contribution in [3.63, 3.8) is 0 Å². The van der Waals surface area contributed by atoms with Crippen molar-refractivity contribution in [1.29, 1.82) is 0 Å². The third kappa shape index (κ3) is 4.30. The molecule has 1 saturated heterocycles. The second kappa shape index (κ2) is 9.50. The first-order valence-corrected chi connectivity index (χ1v) is 11.6. The minimum atomic E-state index is -0.220. The van der Waals surface area contributed by atoms with Gasteiger partial charge in [0.15, 0.2) is 0 Å². The van der Waals surface area contributed by atoms with Gasteiger partial charge in [-0.05, 0) is 35.7 Å². The number of amides is 2. The zero-order valence-electron chi connectivity index (χ0n) is 19.0. The minimum Gasteiger partial charge on any atom is -0.378 e. The third-order valence-corrected chi connectivity index (χ3v) is 6.67. The lowest BCUT2D eigenvalue weighted by Gasteiger charge is -2.36. The average Bonchev–Trinajstić information content (AvgIpc) is 3.13. The van der Waals surface area contributed by atoms with Gasteiger partial charge in [-0.25, -0.2) is 4.85 Å². The van der Waals surface area contributed by atoms with Crippen molar-refractivity contribution in [3.8, 4) is 0 Å². The first-order chi connectivity index (χ1) is 16.6. The van der Waals surface area contributed by atoms with Gasteiger partial charge in [0.2, 0.25) is 5.69 Å². The molecule has 0 aromatic heterocycles. The van der Waals surface area contributed by atoms with E-state index < -0.39 is 0 Å². The quantitative estimate of drug-likeness (QED) is 0.413. The molecule has 5 rings (SSSR count). The molecule has 0 bridgehead atoms. The molecule has 170 valence electrons. The lowest BCUT2D eigenvalue weighted by atomic mass is 10.1. The van der Waals surface area contributed by atoms with Crippen molar-refractivity contribution in [2.75, 3.05) is 37.6 Å². The number of carbonyl (C=O) groups excluding carboxylic acids is 2. The average molecular weight is 451 g/mol. The van der Waals surface area contributed by atoms with E-state index in [1.165, 1.54) is 10.5 Å². The van der Waals surface area contributed by atoms with E-state index in [0.717, 1.165) is 56.1 Å². The molecule has 34 heavy (non-hydrogen) atoms. The summed E-state index contributed by atoms with van der Waals surface area (Å²) in [4.78, 5) is 34.9. The number of rotatable bonds is 6. The summed E-state index contributed by atoms with van der Waals surface area (Å²) in [6.45, 7) is 12.5. The fourth-order valence-corrected chi connectivity index (χ4v) is 4.70. The Hall–Kier alpha value is -3.95. The first-order valence-electron chi connectivity index (χ1n) is 11.6. The van der Waals surface area contributed by atoms with Crippen LogP contribution in [-0.2, 0) is 13.0 Å². The van der Waals surface area contributed by atoms with E-state index in [1.54, 1.807) is 24.3 Å². The summed E-state index contributed by atoms with van der Waals surface area (Å²) >= 11 is 0. The van der Waals surface area contributed by atoms with Gasteiger partial charge in [0.1, 0.15) is 0 Å². The maximum Gasteiger partial charge on any atom is 0.261 e. The van der Waals surface area contributed by atoms with E-state index in [9.17, 15) is 9.59 Å². The van der Waals surface area contributed by atoms with Gasteiger partial charge in [-0.3, -0.25) is 19.4 Å². The standard InChI is InChI=1S/C28H26N4O2/c1-29-25-8-4-5-9-26(25)31-18-16-30(17-19-31)15-14-21-10-12-22(13-11-21)20-32-27(33)23-6-2-3-7-24(23)28(32)34/h2-13H,14-20H2. The summed E-state index contributed by atoms with van der Waals surface area (Å²) in [5.41, 5.74) is 4.92. The van der Waals surface area contributed by atoms with Gasteiger partial charge in [-0.2, -0.15) is 0 Å². The van der Waals surface area contributed by atoms with Gasteiger partial charge in [0.05, 0.1) is 24.2 Å². The van der Waals surface area contributed by atoms with Gasteiger partial charge >= 0.3 is 0 Å². The molecule has 0 unspecified atom stereocenters. The van der Waals surface area contributed by atoms with Gasteiger partial charge in [0.25, 0.3) is 11.8 Å². The van der Waals surface area contributed by atoms with Crippen LogP contribution in [0.25, 0.3) is 4.85 Å². The Morgan fingerprint density at radius 3 is 1.97 bits per heavy atom. The summed E-state index contributed by atoms with van der Waals surface area (Å²) in [5.74, 6) is -0.439. The Morgan fingerprint density at radius 1 is 0.735 bits per heavy atom. The van der Waals surface area contributed by atoms with E-state index in [0.29, 0.717) is 17.7 Å². The smallest absolute Gasteiger partial charge is 0.261 e. The number of benzene rings is 3. The zero-order valence-corrected chi connectivity index (χ0v) is 19.0. The Balaban J connectivity index is 1.12. The summed E-state index contributed by atoms with van der Waals surface area (Å²) in [6, 6.07) is 23.0. The molecule has 2 aliphatic heterocycles. The second-order valence-electron chi connectivity index (χ2n) is 8.74. The number of fused-ring (bicyclic) bond motifs is 1. The van der Waals surface area contributed by atoms with Crippen LogP contribution in [0.3, 0.4) is 0 Å². The van der Waals surface area contributed by atoms with E-state index in [1.807, 2.05) is 36.4 Å². The third-order valence-electron chi connectivity index (χ3n) is 6.67. The number of anilines is 1. The van der Waals surface area contributed by atoms with Crippen LogP contribution in [0.4, 0.5) is 11.4 Å². The monoisotopic (exact) mass is 450 g/mol. The van der Waals surface area contributed by atoms with E-state index in [4.69, 9.17) is 6.57 Å². The van der Waals surface area contributed by atoms with Crippen molar-refractivity contribution in [3.05, 3.63) is 106 Å². The van der Waals surface area contributed by atoms with Crippen LogP contribution >= 0.6 is 0 Å². The van der Waals surface area contributed by atoms with Crippen molar-refractivity contribution in [2.24, 2.45) is 0 Å². The van der Waals surface area contributed by atoms with Crippen LogP contribution in [0.5, 0.6) is 0 Å². The molecule has 6 nitrogen and oxygen atoms in total. The first kappa shape index (κ1) is 21.9. The topological polar surface area (TPSA) is 48.2 Å². The molecule has 3 aromatic rings. The molecular formula is C28H26N4O2. The van der Waals surface area contributed by atoms with Crippen molar-refractivity contribution >= 4 is 23.2 Å². The number of piperazine rings is 1. The zero-order chi connectivity index (χ0) is 23.5. The maximum absolute atomic E-state index is 12.6. The van der Waals surface area contributed by atoms with Crippen LogP contribution in [-0.4, -0.2) is 54.3 Å². The number of hydrogen-bond donors (Lipinski definition) is 0. The van der Waals surface area contributed by atoms with Crippen LogP contribution < -0.4 is 4.90 Å². The van der Waals surface area contributed by atoms with Crippen molar-refractivity contribution < 1.29 is 9.59 Å². The Morgan fingerprint density at radius 2 is 1.32 bits per heavy atom.